The Morgan fingerprint density at radius 1 is 1.54 bits per heavy atom. The fourth-order valence-corrected chi connectivity index (χ4v) is 1.15. The predicted octanol–water partition coefficient (Wildman–Crippen LogP) is 1.34. The van der Waals surface area contributed by atoms with Crippen molar-refractivity contribution < 1.29 is 14.7 Å². The number of aromatic nitrogens is 1. The van der Waals surface area contributed by atoms with Gasteiger partial charge >= 0.3 is 5.97 Å². The van der Waals surface area contributed by atoms with E-state index in [1.165, 1.54) is 18.4 Å². The number of rotatable bonds is 3. The molecule has 0 bridgehead atoms. The van der Waals surface area contributed by atoms with Crippen molar-refractivity contribution in [3.8, 4) is 0 Å². The number of carbonyl (C=O) groups excluding carboxylic acids is 1. The van der Waals surface area contributed by atoms with E-state index in [0.717, 1.165) is 0 Å². The van der Waals surface area contributed by atoms with E-state index in [0.29, 0.717) is 5.69 Å². The number of ketones is 1. The lowest BCUT2D eigenvalue weighted by molar-refractivity contribution is -0.140. The SMILES string of the molecule is CC(=O)c1cccn1C(C)C(=O)O. The Hall–Kier alpha value is -1.58. The molecule has 0 aliphatic rings. The number of carboxylic acid groups (broad SMARTS) is 1. The Labute approximate surface area is 75.8 Å². The number of Topliss-reactive ketones (excluding diaryl/α,β-unsaturated/α-hetero) is 1. The molecular weight excluding hydrogens is 170 g/mol. The van der Waals surface area contributed by atoms with E-state index < -0.39 is 12.0 Å². The molecule has 0 aromatic carbocycles. The number of aliphatic carboxylic acids is 1. The van der Waals surface area contributed by atoms with Crippen molar-refractivity contribution in [2.45, 2.75) is 19.9 Å². The normalized spacial score (nSPS) is 12.5. The molecule has 1 aromatic rings. The van der Waals surface area contributed by atoms with E-state index >= 15 is 0 Å². The van der Waals surface area contributed by atoms with E-state index in [-0.39, 0.29) is 5.78 Å². The number of hydrogen-bond donors (Lipinski definition) is 1. The van der Waals surface area contributed by atoms with Crippen LogP contribution in [0.5, 0.6) is 0 Å². The molecule has 1 aromatic heterocycles. The first kappa shape index (κ1) is 9.51. The summed E-state index contributed by atoms with van der Waals surface area (Å²) in [4.78, 5) is 21.7. The molecule has 4 heteroatoms. The molecule has 0 saturated heterocycles. The Bertz CT molecular complexity index is 340. The van der Waals surface area contributed by atoms with Crippen LogP contribution in [0, 0.1) is 0 Å². The van der Waals surface area contributed by atoms with E-state index in [1.54, 1.807) is 18.3 Å². The predicted molar refractivity (Wildman–Crippen MR) is 46.8 cm³/mol. The summed E-state index contributed by atoms with van der Waals surface area (Å²) in [6, 6.07) is 2.58. The molecule has 0 saturated carbocycles. The zero-order chi connectivity index (χ0) is 10.0. The fraction of sp³-hybridized carbons (Fsp3) is 0.333. The lowest BCUT2D eigenvalue weighted by Gasteiger charge is -2.11. The molecule has 1 atom stereocenters. The zero-order valence-electron chi connectivity index (χ0n) is 7.52. The summed E-state index contributed by atoms with van der Waals surface area (Å²) in [5.41, 5.74) is 0.426. The molecule has 1 N–H and O–H groups in total. The summed E-state index contributed by atoms with van der Waals surface area (Å²) in [5, 5.41) is 8.73. The van der Waals surface area contributed by atoms with Crippen LogP contribution < -0.4 is 0 Å². The standard InChI is InChI=1S/C9H11NO3/c1-6(9(12)13)10-5-3-4-8(10)7(2)11/h3-6H,1-2H3,(H,12,13). The molecular formula is C9H11NO3. The summed E-state index contributed by atoms with van der Waals surface area (Å²) >= 11 is 0. The van der Waals surface area contributed by atoms with Gasteiger partial charge in [-0.2, -0.15) is 0 Å². The average molecular weight is 181 g/mol. The van der Waals surface area contributed by atoms with Gasteiger partial charge in [-0.25, -0.2) is 4.79 Å². The molecule has 13 heavy (non-hydrogen) atoms. The highest BCUT2D eigenvalue weighted by Crippen LogP contribution is 2.12. The molecule has 70 valence electrons. The van der Waals surface area contributed by atoms with Gasteiger partial charge in [-0.05, 0) is 19.1 Å². The second-order valence-corrected chi connectivity index (χ2v) is 2.87. The molecule has 0 spiro atoms. The first-order valence-electron chi connectivity index (χ1n) is 3.94. The van der Waals surface area contributed by atoms with Crippen LogP contribution in [0.1, 0.15) is 30.4 Å². The highest BCUT2D eigenvalue weighted by Gasteiger charge is 2.16. The van der Waals surface area contributed by atoms with Gasteiger partial charge in [0.05, 0.1) is 5.69 Å². The first-order valence-corrected chi connectivity index (χ1v) is 3.94. The van der Waals surface area contributed by atoms with Crippen LogP contribution in [0.15, 0.2) is 18.3 Å². The molecule has 0 radical (unpaired) electrons. The third-order valence-electron chi connectivity index (χ3n) is 1.91. The largest absolute Gasteiger partial charge is 0.480 e. The summed E-state index contributed by atoms with van der Waals surface area (Å²) in [6.07, 6.45) is 1.59. The maximum absolute atomic E-state index is 11.0. The van der Waals surface area contributed by atoms with Gasteiger partial charge in [0, 0.05) is 13.1 Å². The van der Waals surface area contributed by atoms with Crippen LogP contribution in [0.4, 0.5) is 0 Å². The number of nitrogens with zero attached hydrogens (tertiary/aromatic N) is 1. The Morgan fingerprint density at radius 3 is 2.62 bits per heavy atom. The highest BCUT2D eigenvalue weighted by atomic mass is 16.4. The number of hydrogen-bond acceptors (Lipinski definition) is 2. The quantitative estimate of drug-likeness (QED) is 0.716. The molecule has 1 unspecified atom stereocenters. The van der Waals surface area contributed by atoms with E-state index in [2.05, 4.69) is 0 Å². The maximum Gasteiger partial charge on any atom is 0.326 e. The Morgan fingerprint density at radius 2 is 2.15 bits per heavy atom. The molecule has 1 rings (SSSR count). The maximum atomic E-state index is 11.0. The van der Waals surface area contributed by atoms with Gasteiger partial charge in [0.15, 0.2) is 5.78 Å². The topological polar surface area (TPSA) is 59.3 Å². The number of carboxylic acids is 1. The zero-order valence-corrected chi connectivity index (χ0v) is 7.52. The lowest BCUT2D eigenvalue weighted by Crippen LogP contribution is -2.18. The summed E-state index contributed by atoms with van der Waals surface area (Å²) < 4.78 is 1.45. The van der Waals surface area contributed by atoms with Crippen molar-refractivity contribution >= 4 is 11.8 Å². The average Bonchev–Trinajstić information content (AvgIpc) is 2.50. The van der Waals surface area contributed by atoms with Crippen LogP contribution in [0.25, 0.3) is 0 Å². The van der Waals surface area contributed by atoms with Gasteiger partial charge in [0.1, 0.15) is 6.04 Å². The van der Waals surface area contributed by atoms with E-state index in [1.807, 2.05) is 0 Å². The Balaban J connectivity index is 3.07. The molecule has 0 fully saturated rings. The lowest BCUT2D eigenvalue weighted by atomic mass is 10.3. The molecule has 0 amide bonds. The highest BCUT2D eigenvalue weighted by molar-refractivity contribution is 5.93. The molecule has 1 heterocycles. The van der Waals surface area contributed by atoms with Crippen molar-refractivity contribution in [2.24, 2.45) is 0 Å². The summed E-state index contributed by atoms with van der Waals surface area (Å²) in [7, 11) is 0. The second-order valence-electron chi connectivity index (χ2n) is 2.87. The molecule has 4 nitrogen and oxygen atoms in total. The van der Waals surface area contributed by atoms with Crippen LogP contribution in [-0.4, -0.2) is 21.4 Å². The van der Waals surface area contributed by atoms with Crippen molar-refractivity contribution in [1.82, 2.24) is 4.57 Å². The van der Waals surface area contributed by atoms with Gasteiger partial charge in [0.25, 0.3) is 0 Å². The van der Waals surface area contributed by atoms with Crippen molar-refractivity contribution in [1.29, 1.82) is 0 Å². The summed E-state index contributed by atoms with van der Waals surface area (Å²) in [5.74, 6) is -1.07. The Kier molecular flexibility index (Phi) is 2.51. The van der Waals surface area contributed by atoms with Crippen molar-refractivity contribution in [3.05, 3.63) is 24.0 Å². The van der Waals surface area contributed by atoms with Crippen LogP contribution in [-0.2, 0) is 4.79 Å². The van der Waals surface area contributed by atoms with E-state index in [9.17, 15) is 9.59 Å². The smallest absolute Gasteiger partial charge is 0.326 e. The molecule has 0 aliphatic heterocycles. The second kappa shape index (κ2) is 3.43. The molecule has 0 aliphatic carbocycles. The first-order chi connectivity index (χ1) is 6.04. The van der Waals surface area contributed by atoms with E-state index in [4.69, 9.17) is 5.11 Å². The third-order valence-corrected chi connectivity index (χ3v) is 1.91. The van der Waals surface area contributed by atoms with Crippen LogP contribution >= 0.6 is 0 Å². The van der Waals surface area contributed by atoms with Gasteiger partial charge in [-0.15, -0.1) is 0 Å². The monoisotopic (exact) mass is 181 g/mol. The minimum atomic E-state index is -0.946. The fourth-order valence-electron chi connectivity index (χ4n) is 1.15. The van der Waals surface area contributed by atoms with Crippen LogP contribution in [0.3, 0.4) is 0 Å². The minimum Gasteiger partial charge on any atom is -0.480 e. The van der Waals surface area contributed by atoms with Crippen LogP contribution in [0.2, 0.25) is 0 Å². The third kappa shape index (κ3) is 1.77. The van der Waals surface area contributed by atoms with Crippen molar-refractivity contribution in [3.63, 3.8) is 0 Å². The summed E-state index contributed by atoms with van der Waals surface area (Å²) in [6.45, 7) is 2.95. The van der Waals surface area contributed by atoms with Gasteiger partial charge in [0.2, 0.25) is 0 Å². The van der Waals surface area contributed by atoms with Gasteiger partial charge in [-0.3, -0.25) is 4.79 Å². The van der Waals surface area contributed by atoms with Gasteiger partial charge < -0.3 is 9.67 Å². The van der Waals surface area contributed by atoms with Crippen molar-refractivity contribution in [2.75, 3.05) is 0 Å². The number of carbonyl (C=O) groups is 2. The van der Waals surface area contributed by atoms with Gasteiger partial charge in [-0.1, -0.05) is 0 Å². The minimum absolute atomic E-state index is 0.127.